The molecule has 1 aliphatic rings. The van der Waals surface area contributed by atoms with Gasteiger partial charge in [-0.05, 0) is 36.2 Å². The molecule has 4 aromatic rings. The minimum atomic E-state index is 0.262. The number of imidazole rings is 1. The van der Waals surface area contributed by atoms with Crippen LogP contribution < -0.4 is 9.47 Å². The van der Waals surface area contributed by atoms with E-state index in [9.17, 15) is 0 Å². The second-order valence-electron chi connectivity index (χ2n) is 6.22. The Kier molecular flexibility index (Phi) is 3.33. The quantitative estimate of drug-likeness (QED) is 0.523. The molecular weight excluding hydrogens is 346 g/mol. The fourth-order valence-corrected chi connectivity index (χ4v) is 3.54. The second-order valence-corrected chi connectivity index (χ2v) is 6.61. The van der Waals surface area contributed by atoms with Gasteiger partial charge in [0.05, 0.1) is 5.69 Å². The maximum atomic E-state index is 5.74. The first kappa shape index (κ1) is 15.2. The first-order valence-corrected chi connectivity index (χ1v) is 8.68. The van der Waals surface area contributed by atoms with Crippen molar-refractivity contribution in [3.63, 3.8) is 0 Å². The number of aromatic nitrogens is 3. The lowest BCUT2D eigenvalue weighted by atomic mass is 10.0. The lowest BCUT2D eigenvalue weighted by Crippen LogP contribution is -1.93. The number of aromatic amines is 1. The fourth-order valence-electron chi connectivity index (χ4n) is 3.23. The number of ether oxygens (including phenoxy) is 2. The Hall–Kier alpha value is -3.12. The van der Waals surface area contributed by atoms with E-state index >= 15 is 0 Å². The third-order valence-corrected chi connectivity index (χ3v) is 5.03. The Labute approximate surface area is 154 Å². The van der Waals surface area contributed by atoms with Gasteiger partial charge in [-0.15, -0.1) is 0 Å². The van der Waals surface area contributed by atoms with Gasteiger partial charge in [0.25, 0.3) is 0 Å². The van der Waals surface area contributed by atoms with Gasteiger partial charge in [0, 0.05) is 23.5 Å². The Morgan fingerprint density at radius 2 is 1.92 bits per heavy atom. The molecule has 0 radical (unpaired) electrons. The predicted octanol–water partition coefficient (Wildman–Crippen LogP) is 4.76. The van der Waals surface area contributed by atoms with E-state index in [0.29, 0.717) is 5.78 Å². The van der Waals surface area contributed by atoms with Gasteiger partial charge in [-0.1, -0.05) is 36.5 Å². The highest BCUT2D eigenvalue weighted by Crippen LogP contribution is 2.35. The van der Waals surface area contributed by atoms with Crippen LogP contribution in [0.5, 0.6) is 11.5 Å². The van der Waals surface area contributed by atoms with Crippen molar-refractivity contribution in [3.05, 3.63) is 65.1 Å². The Balaban J connectivity index is 1.66. The average Bonchev–Trinajstić information content (AvgIpc) is 3.29. The van der Waals surface area contributed by atoms with E-state index in [-0.39, 0.29) is 6.79 Å². The predicted molar refractivity (Wildman–Crippen MR) is 102 cm³/mol. The van der Waals surface area contributed by atoms with Crippen LogP contribution in [-0.2, 0) is 0 Å². The van der Waals surface area contributed by atoms with Gasteiger partial charge in [0.1, 0.15) is 4.64 Å². The standard InChI is InChI=1S/C20H15N3O2S/c1-12-4-2-3-5-14(12)15-9-21-20-22-16(10-23(20)19(15)26)13-6-7-17-18(8-13)25-11-24-17/h2-10H,11H2,1H3,(H,21,22). The number of nitrogens with zero attached hydrogens (tertiary/aromatic N) is 2. The van der Waals surface area contributed by atoms with Crippen molar-refractivity contribution in [2.75, 3.05) is 6.79 Å². The summed E-state index contributed by atoms with van der Waals surface area (Å²) in [4.78, 5) is 7.89. The van der Waals surface area contributed by atoms with Gasteiger partial charge in [-0.2, -0.15) is 0 Å². The zero-order chi connectivity index (χ0) is 17.7. The van der Waals surface area contributed by atoms with E-state index in [1.54, 1.807) is 0 Å². The van der Waals surface area contributed by atoms with Crippen LogP contribution in [0.15, 0.2) is 54.9 Å². The van der Waals surface area contributed by atoms with Crippen LogP contribution in [0, 0.1) is 11.6 Å². The second kappa shape index (κ2) is 5.71. The van der Waals surface area contributed by atoms with Crippen LogP contribution in [0.4, 0.5) is 0 Å². The van der Waals surface area contributed by atoms with E-state index in [0.717, 1.165) is 38.5 Å². The molecule has 1 N–H and O–H groups in total. The summed E-state index contributed by atoms with van der Waals surface area (Å²) in [6.07, 6.45) is 3.81. The molecular formula is C20H15N3O2S. The fraction of sp³-hybridized carbons (Fsp3) is 0.100. The van der Waals surface area contributed by atoms with Crippen molar-refractivity contribution in [3.8, 4) is 33.9 Å². The van der Waals surface area contributed by atoms with Crippen LogP contribution in [-0.4, -0.2) is 21.2 Å². The van der Waals surface area contributed by atoms with Crippen LogP contribution in [0.1, 0.15) is 5.56 Å². The molecule has 2 aromatic carbocycles. The molecule has 0 atom stereocenters. The molecule has 128 valence electrons. The van der Waals surface area contributed by atoms with E-state index in [1.165, 1.54) is 5.56 Å². The van der Waals surface area contributed by atoms with Gasteiger partial charge in [-0.3, -0.25) is 4.40 Å². The molecule has 0 aliphatic carbocycles. The molecule has 0 spiro atoms. The molecule has 0 bridgehead atoms. The van der Waals surface area contributed by atoms with Gasteiger partial charge >= 0.3 is 0 Å². The van der Waals surface area contributed by atoms with Gasteiger partial charge in [0.15, 0.2) is 11.5 Å². The average molecular weight is 361 g/mol. The third kappa shape index (κ3) is 2.30. The lowest BCUT2D eigenvalue weighted by molar-refractivity contribution is 0.174. The van der Waals surface area contributed by atoms with E-state index in [2.05, 4.69) is 29.0 Å². The molecule has 1 aliphatic heterocycles. The molecule has 2 aromatic heterocycles. The van der Waals surface area contributed by atoms with Crippen molar-refractivity contribution in [2.24, 2.45) is 0 Å². The van der Waals surface area contributed by atoms with Crippen molar-refractivity contribution < 1.29 is 9.47 Å². The molecule has 26 heavy (non-hydrogen) atoms. The van der Waals surface area contributed by atoms with Crippen molar-refractivity contribution in [1.82, 2.24) is 14.4 Å². The molecule has 0 saturated heterocycles. The van der Waals surface area contributed by atoms with Gasteiger partial charge in [-0.25, -0.2) is 4.98 Å². The number of hydrogen-bond donors (Lipinski definition) is 1. The number of fused-ring (bicyclic) bond motifs is 2. The summed E-state index contributed by atoms with van der Waals surface area (Å²) in [7, 11) is 0. The van der Waals surface area contributed by atoms with Crippen molar-refractivity contribution in [2.45, 2.75) is 6.92 Å². The highest BCUT2D eigenvalue weighted by Gasteiger charge is 2.15. The number of aryl methyl sites for hydroxylation is 1. The zero-order valence-electron chi connectivity index (χ0n) is 14.0. The third-order valence-electron chi connectivity index (χ3n) is 4.62. The van der Waals surface area contributed by atoms with Gasteiger partial charge < -0.3 is 14.5 Å². The highest BCUT2D eigenvalue weighted by atomic mass is 32.1. The molecule has 6 heteroatoms. The topological polar surface area (TPSA) is 51.5 Å². The lowest BCUT2D eigenvalue weighted by Gasteiger charge is -2.06. The van der Waals surface area contributed by atoms with Crippen LogP contribution in [0.3, 0.4) is 0 Å². The summed E-state index contributed by atoms with van der Waals surface area (Å²) in [5, 5.41) is 0. The molecule has 0 fully saturated rings. The largest absolute Gasteiger partial charge is 0.454 e. The van der Waals surface area contributed by atoms with E-state index in [1.807, 2.05) is 47.1 Å². The van der Waals surface area contributed by atoms with Crippen LogP contribution in [0.25, 0.3) is 28.2 Å². The Morgan fingerprint density at radius 1 is 1.08 bits per heavy atom. The molecule has 0 saturated carbocycles. The molecule has 3 heterocycles. The SMILES string of the molecule is Cc1ccccc1-c1cnc2[nH]c(-c3ccc4c(c3)OCO4)cn2c1=S. The molecule has 0 unspecified atom stereocenters. The smallest absolute Gasteiger partial charge is 0.231 e. The normalized spacial score (nSPS) is 12.7. The van der Waals surface area contributed by atoms with E-state index < -0.39 is 0 Å². The van der Waals surface area contributed by atoms with Gasteiger partial charge in [0.2, 0.25) is 12.6 Å². The number of nitrogens with one attached hydrogen (secondary N) is 1. The maximum Gasteiger partial charge on any atom is 0.231 e. The monoisotopic (exact) mass is 361 g/mol. The van der Waals surface area contributed by atoms with E-state index in [4.69, 9.17) is 21.7 Å². The first-order chi connectivity index (χ1) is 12.7. The van der Waals surface area contributed by atoms with Crippen molar-refractivity contribution in [1.29, 1.82) is 0 Å². The molecule has 0 amide bonds. The zero-order valence-corrected chi connectivity index (χ0v) is 14.8. The summed E-state index contributed by atoms with van der Waals surface area (Å²) in [5.74, 6) is 2.22. The van der Waals surface area contributed by atoms with Crippen molar-refractivity contribution >= 4 is 18.0 Å². The summed E-state index contributed by atoms with van der Waals surface area (Å²) in [5.41, 5.74) is 5.14. The Morgan fingerprint density at radius 3 is 2.81 bits per heavy atom. The number of hydrogen-bond acceptors (Lipinski definition) is 4. The highest BCUT2D eigenvalue weighted by molar-refractivity contribution is 7.71. The minimum Gasteiger partial charge on any atom is -0.454 e. The number of rotatable bonds is 2. The number of H-pyrrole nitrogens is 1. The number of benzene rings is 2. The van der Waals surface area contributed by atoms with Crippen LogP contribution >= 0.6 is 12.2 Å². The molecule has 5 nitrogen and oxygen atoms in total. The molecule has 5 rings (SSSR count). The van der Waals surface area contributed by atoms with Crippen LogP contribution in [0.2, 0.25) is 0 Å². The first-order valence-electron chi connectivity index (χ1n) is 8.27. The maximum absolute atomic E-state index is 5.74. The minimum absolute atomic E-state index is 0.262. The summed E-state index contributed by atoms with van der Waals surface area (Å²) >= 11 is 5.74. The Bertz CT molecular complexity index is 1210. The summed E-state index contributed by atoms with van der Waals surface area (Å²) < 4.78 is 13.5. The summed E-state index contributed by atoms with van der Waals surface area (Å²) in [6.45, 7) is 2.34. The summed E-state index contributed by atoms with van der Waals surface area (Å²) in [6, 6.07) is 14.0.